The van der Waals surface area contributed by atoms with Gasteiger partial charge in [-0.25, -0.2) is 4.98 Å². The predicted octanol–water partition coefficient (Wildman–Crippen LogP) is 4.02. The third kappa shape index (κ3) is 2.98. The molecule has 1 aliphatic rings. The van der Waals surface area contributed by atoms with Crippen LogP contribution >= 0.6 is 22.9 Å². The normalized spacial score (nSPS) is 14.5. The first-order chi connectivity index (χ1) is 12.7. The molecule has 132 valence electrons. The third-order valence-corrected chi connectivity index (χ3v) is 6.09. The Hall–Kier alpha value is -2.36. The summed E-state index contributed by atoms with van der Waals surface area (Å²) in [6.45, 7) is 2.08. The standard InChI is InChI=1S/C19H17ClN4OS/c20-15-12-26-17-16(15)22-19(23-8-4-1-5-9-23)24(18(17)25)11-14-7-3-2-6-13(14)10-21/h2-3,6-7,12H,1,4-5,8-9,11H2. The number of halogens is 1. The van der Waals surface area contributed by atoms with E-state index in [2.05, 4.69) is 11.0 Å². The molecule has 0 spiro atoms. The number of thiophene rings is 1. The van der Waals surface area contributed by atoms with Crippen LogP contribution in [0.3, 0.4) is 0 Å². The van der Waals surface area contributed by atoms with Gasteiger partial charge in [0.2, 0.25) is 5.95 Å². The Bertz CT molecular complexity index is 1060. The molecule has 1 aromatic carbocycles. The minimum Gasteiger partial charge on any atom is -0.342 e. The van der Waals surface area contributed by atoms with Crippen LogP contribution in [0.15, 0.2) is 34.4 Å². The fourth-order valence-electron chi connectivity index (χ4n) is 3.38. The SMILES string of the molecule is N#Cc1ccccc1Cn1c(N2CCCCC2)nc2c(Cl)csc2c1=O. The second kappa shape index (κ2) is 7.10. The fourth-order valence-corrected chi connectivity index (χ4v) is 4.51. The summed E-state index contributed by atoms with van der Waals surface area (Å²) < 4.78 is 2.25. The van der Waals surface area contributed by atoms with E-state index < -0.39 is 0 Å². The molecule has 7 heteroatoms. The smallest absolute Gasteiger partial charge is 0.273 e. The van der Waals surface area contributed by atoms with Gasteiger partial charge in [-0.1, -0.05) is 29.8 Å². The van der Waals surface area contributed by atoms with Crippen molar-refractivity contribution in [3.8, 4) is 6.07 Å². The van der Waals surface area contributed by atoms with Gasteiger partial charge in [-0.05, 0) is 30.9 Å². The van der Waals surface area contributed by atoms with Crippen LogP contribution in [0.2, 0.25) is 5.02 Å². The Morgan fingerprint density at radius 1 is 1.23 bits per heavy atom. The van der Waals surface area contributed by atoms with Crippen molar-refractivity contribution in [1.82, 2.24) is 9.55 Å². The summed E-state index contributed by atoms with van der Waals surface area (Å²) in [7, 11) is 0. The zero-order valence-corrected chi connectivity index (χ0v) is 15.7. The second-order valence-corrected chi connectivity index (χ2v) is 7.67. The van der Waals surface area contributed by atoms with E-state index in [1.165, 1.54) is 17.8 Å². The zero-order valence-electron chi connectivity index (χ0n) is 14.1. The van der Waals surface area contributed by atoms with Crippen molar-refractivity contribution in [3.63, 3.8) is 0 Å². The molecule has 0 N–H and O–H groups in total. The molecule has 1 aliphatic heterocycles. The molecule has 0 amide bonds. The van der Waals surface area contributed by atoms with Crippen molar-refractivity contribution >= 4 is 39.1 Å². The number of hydrogen-bond acceptors (Lipinski definition) is 5. The molecular weight excluding hydrogens is 368 g/mol. The van der Waals surface area contributed by atoms with E-state index in [1.807, 2.05) is 18.2 Å². The molecule has 0 saturated carbocycles. The molecule has 0 bridgehead atoms. The minimum absolute atomic E-state index is 0.0970. The van der Waals surface area contributed by atoms with Crippen LogP contribution in [0.5, 0.6) is 0 Å². The van der Waals surface area contributed by atoms with E-state index in [0.717, 1.165) is 31.5 Å². The summed E-state index contributed by atoms with van der Waals surface area (Å²) in [5, 5.41) is 11.7. The molecular formula is C19H17ClN4OS. The largest absolute Gasteiger partial charge is 0.342 e. The highest BCUT2D eigenvalue weighted by molar-refractivity contribution is 7.17. The zero-order chi connectivity index (χ0) is 18.1. The molecule has 5 nitrogen and oxygen atoms in total. The van der Waals surface area contributed by atoms with Gasteiger partial charge in [0.15, 0.2) is 0 Å². The average Bonchev–Trinajstić information content (AvgIpc) is 3.06. The molecule has 0 atom stereocenters. The topological polar surface area (TPSA) is 61.9 Å². The molecule has 4 rings (SSSR count). The maximum absolute atomic E-state index is 13.2. The first kappa shape index (κ1) is 17.1. The van der Waals surface area contributed by atoms with Crippen molar-refractivity contribution in [2.75, 3.05) is 18.0 Å². The summed E-state index contributed by atoms with van der Waals surface area (Å²) in [6, 6.07) is 9.58. The summed E-state index contributed by atoms with van der Waals surface area (Å²) in [4.78, 5) is 20.1. The van der Waals surface area contributed by atoms with Gasteiger partial charge in [0, 0.05) is 18.5 Å². The van der Waals surface area contributed by atoms with Gasteiger partial charge in [0.1, 0.15) is 10.2 Å². The number of fused-ring (bicyclic) bond motifs is 1. The maximum Gasteiger partial charge on any atom is 0.273 e. The third-order valence-electron chi connectivity index (χ3n) is 4.72. The van der Waals surface area contributed by atoms with Gasteiger partial charge in [0.25, 0.3) is 5.56 Å². The van der Waals surface area contributed by atoms with Crippen LogP contribution in [-0.4, -0.2) is 22.6 Å². The highest BCUT2D eigenvalue weighted by Gasteiger charge is 2.21. The number of rotatable bonds is 3. The van der Waals surface area contributed by atoms with Gasteiger partial charge < -0.3 is 4.90 Å². The van der Waals surface area contributed by atoms with E-state index in [0.29, 0.717) is 33.3 Å². The van der Waals surface area contributed by atoms with Crippen LogP contribution in [0, 0.1) is 11.3 Å². The van der Waals surface area contributed by atoms with Gasteiger partial charge in [-0.15, -0.1) is 11.3 Å². The van der Waals surface area contributed by atoms with E-state index in [1.54, 1.807) is 16.0 Å². The van der Waals surface area contributed by atoms with Gasteiger partial charge in [0.05, 0.1) is 23.2 Å². The molecule has 0 unspecified atom stereocenters. The Morgan fingerprint density at radius 2 is 2.00 bits per heavy atom. The molecule has 0 radical (unpaired) electrons. The van der Waals surface area contributed by atoms with Gasteiger partial charge in [-0.2, -0.15) is 5.26 Å². The molecule has 3 aromatic rings. The lowest BCUT2D eigenvalue weighted by Crippen LogP contribution is -2.36. The monoisotopic (exact) mass is 384 g/mol. The molecule has 2 aromatic heterocycles. The number of nitriles is 1. The van der Waals surface area contributed by atoms with Crippen LogP contribution in [0.4, 0.5) is 5.95 Å². The van der Waals surface area contributed by atoms with E-state index in [9.17, 15) is 10.1 Å². The summed E-state index contributed by atoms with van der Waals surface area (Å²) in [5.41, 5.74) is 1.87. The lowest BCUT2D eigenvalue weighted by molar-refractivity contribution is 0.553. The molecule has 26 heavy (non-hydrogen) atoms. The van der Waals surface area contributed by atoms with Gasteiger partial charge >= 0.3 is 0 Å². The van der Waals surface area contributed by atoms with Gasteiger partial charge in [-0.3, -0.25) is 9.36 Å². The van der Waals surface area contributed by atoms with Crippen LogP contribution in [0.1, 0.15) is 30.4 Å². The summed E-state index contributed by atoms with van der Waals surface area (Å²) in [6.07, 6.45) is 3.36. The van der Waals surface area contributed by atoms with E-state index >= 15 is 0 Å². The average molecular weight is 385 g/mol. The predicted molar refractivity (Wildman–Crippen MR) is 105 cm³/mol. The van der Waals surface area contributed by atoms with E-state index in [-0.39, 0.29) is 5.56 Å². The maximum atomic E-state index is 13.2. The first-order valence-corrected chi connectivity index (χ1v) is 9.85. The lowest BCUT2D eigenvalue weighted by Gasteiger charge is -2.29. The van der Waals surface area contributed by atoms with Crippen LogP contribution in [0.25, 0.3) is 10.2 Å². The lowest BCUT2D eigenvalue weighted by atomic mass is 10.1. The number of piperidine rings is 1. The highest BCUT2D eigenvalue weighted by Crippen LogP contribution is 2.29. The van der Waals surface area contributed by atoms with Crippen molar-refractivity contribution in [1.29, 1.82) is 5.26 Å². The summed E-state index contributed by atoms with van der Waals surface area (Å²) in [5.74, 6) is 0.648. The Kier molecular flexibility index (Phi) is 4.66. The Morgan fingerprint density at radius 3 is 2.77 bits per heavy atom. The summed E-state index contributed by atoms with van der Waals surface area (Å²) >= 11 is 7.57. The Balaban J connectivity index is 1.90. The molecule has 1 fully saturated rings. The molecule has 3 heterocycles. The quantitative estimate of drug-likeness (QED) is 0.684. The highest BCUT2D eigenvalue weighted by atomic mass is 35.5. The van der Waals surface area contributed by atoms with Crippen molar-refractivity contribution in [3.05, 3.63) is 56.1 Å². The van der Waals surface area contributed by atoms with Crippen molar-refractivity contribution < 1.29 is 0 Å². The first-order valence-electron chi connectivity index (χ1n) is 8.59. The second-order valence-electron chi connectivity index (χ2n) is 6.38. The molecule has 1 saturated heterocycles. The van der Waals surface area contributed by atoms with Crippen LogP contribution < -0.4 is 10.5 Å². The molecule has 0 aliphatic carbocycles. The fraction of sp³-hybridized carbons (Fsp3) is 0.316. The Labute approximate surface area is 160 Å². The minimum atomic E-state index is -0.0970. The number of hydrogen-bond donors (Lipinski definition) is 0. The number of anilines is 1. The van der Waals surface area contributed by atoms with Crippen molar-refractivity contribution in [2.24, 2.45) is 0 Å². The van der Waals surface area contributed by atoms with E-state index in [4.69, 9.17) is 16.6 Å². The number of benzene rings is 1. The van der Waals surface area contributed by atoms with Crippen molar-refractivity contribution in [2.45, 2.75) is 25.8 Å². The van der Waals surface area contributed by atoms with Crippen LogP contribution in [-0.2, 0) is 6.54 Å². The number of aromatic nitrogens is 2. The number of nitrogens with zero attached hydrogens (tertiary/aromatic N) is 4.